The molecule has 2 N–H and O–H groups in total. The second-order valence-electron chi connectivity index (χ2n) is 4.72. The fourth-order valence-electron chi connectivity index (χ4n) is 2.42. The Hall–Kier alpha value is -1.39. The number of aliphatic hydroxyl groups is 1. The van der Waals surface area contributed by atoms with Crippen molar-refractivity contribution in [1.29, 1.82) is 0 Å². The van der Waals surface area contributed by atoms with Crippen LogP contribution in [0.25, 0.3) is 0 Å². The van der Waals surface area contributed by atoms with Crippen LogP contribution in [0, 0.1) is 0 Å². The van der Waals surface area contributed by atoms with Crippen LogP contribution in [-0.2, 0) is 6.42 Å². The van der Waals surface area contributed by atoms with E-state index >= 15 is 0 Å². The van der Waals surface area contributed by atoms with Gasteiger partial charge in [-0.05, 0) is 18.1 Å². The molecule has 2 atom stereocenters. The molecule has 0 aliphatic carbocycles. The van der Waals surface area contributed by atoms with E-state index in [1.54, 1.807) is 11.9 Å². The van der Waals surface area contributed by atoms with Gasteiger partial charge >= 0.3 is 0 Å². The number of carbonyl (C=O) groups is 1. The molecule has 1 aromatic carbocycles. The van der Waals surface area contributed by atoms with Crippen molar-refractivity contribution in [2.24, 2.45) is 0 Å². The highest BCUT2D eigenvalue weighted by Gasteiger charge is 2.31. The van der Waals surface area contributed by atoms with E-state index in [1.165, 1.54) is 0 Å². The highest BCUT2D eigenvalue weighted by atomic mass is 16.3. The van der Waals surface area contributed by atoms with Gasteiger partial charge in [-0.15, -0.1) is 0 Å². The molecule has 98 valence electrons. The number of amides is 1. The van der Waals surface area contributed by atoms with Crippen molar-refractivity contribution in [1.82, 2.24) is 10.2 Å². The lowest BCUT2D eigenvalue weighted by molar-refractivity contribution is 0.0580. The summed E-state index contributed by atoms with van der Waals surface area (Å²) < 4.78 is 0. The Morgan fingerprint density at radius 3 is 2.78 bits per heavy atom. The lowest BCUT2D eigenvalue weighted by Crippen LogP contribution is -2.44. The van der Waals surface area contributed by atoms with Gasteiger partial charge in [-0.2, -0.15) is 0 Å². The lowest BCUT2D eigenvalue weighted by Gasteiger charge is -2.27. The summed E-state index contributed by atoms with van der Waals surface area (Å²) in [4.78, 5) is 14.1. The van der Waals surface area contributed by atoms with Crippen LogP contribution in [-0.4, -0.2) is 48.2 Å². The van der Waals surface area contributed by atoms with Crippen molar-refractivity contribution >= 4 is 5.91 Å². The van der Waals surface area contributed by atoms with Crippen molar-refractivity contribution in [2.45, 2.75) is 25.5 Å². The third-order valence-corrected chi connectivity index (χ3v) is 3.60. The average Bonchev–Trinajstić information content (AvgIpc) is 2.83. The first-order valence-corrected chi connectivity index (χ1v) is 6.39. The molecule has 0 aromatic heterocycles. The summed E-state index contributed by atoms with van der Waals surface area (Å²) in [6.07, 6.45) is 0.356. The van der Waals surface area contributed by atoms with Crippen LogP contribution < -0.4 is 5.32 Å². The Morgan fingerprint density at radius 1 is 1.44 bits per heavy atom. The SMILES string of the molecule is CCc1ccccc1C(=O)N(C)[C@H]1CNC[C@@H]1O. The Labute approximate surface area is 108 Å². The summed E-state index contributed by atoms with van der Waals surface area (Å²) in [5.41, 5.74) is 1.79. The summed E-state index contributed by atoms with van der Waals surface area (Å²) >= 11 is 0. The Bertz CT molecular complexity index is 434. The highest BCUT2D eigenvalue weighted by Crippen LogP contribution is 2.15. The minimum atomic E-state index is -0.479. The van der Waals surface area contributed by atoms with Gasteiger partial charge in [-0.3, -0.25) is 4.79 Å². The molecule has 1 heterocycles. The summed E-state index contributed by atoms with van der Waals surface area (Å²) in [5.74, 6) is -0.0137. The van der Waals surface area contributed by atoms with Gasteiger partial charge < -0.3 is 15.3 Å². The normalized spacial score (nSPS) is 23.1. The summed E-state index contributed by atoms with van der Waals surface area (Å²) in [7, 11) is 1.76. The van der Waals surface area contributed by atoms with Gasteiger partial charge in [0.05, 0.1) is 12.1 Å². The maximum atomic E-state index is 12.4. The number of benzene rings is 1. The Kier molecular flexibility index (Phi) is 3.99. The molecule has 0 unspecified atom stereocenters. The Balaban J connectivity index is 2.20. The first-order valence-electron chi connectivity index (χ1n) is 6.39. The zero-order chi connectivity index (χ0) is 13.1. The van der Waals surface area contributed by atoms with E-state index in [4.69, 9.17) is 0 Å². The molecule has 0 bridgehead atoms. The number of nitrogens with zero attached hydrogens (tertiary/aromatic N) is 1. The minimum Gasteiger partial charge on any atom is -0.390 e. The number of β-amino-alcohol motifs (C(OH)–C–C–N with tert-alkyl or cyclic N) is 1. The summed E-state index contributed by atoms with van der Waals surface area (Å²) in [6, 6.07) is 7.52. The summed E-state index contributed by atoms with van der Waals surface area (Å²) in [6.45, 7) is 3.24. The van der Waals surface area contributed by atoms with E-state index in [0.717, 1.165) is 17.5 Å². The molecule has 1 aliphatic heterocycles. The van der Waals surface area contributed by atoms with Gasteiger partial charge in [0, 0.05) is 25.7 Å². The quantitative estimate of drug-likeness (QED) is 0.826. The number of hydrogen-bond donors (Lipinski definition) is 2. The van der Waals surface area contributed by atoms with Crippen LogP contribution in [0.15, 0.2) is 24.3 Å². The molecule has 0 spiro atoms. The van der Waals surface area contributed by atoms with E-state index in [2.05, 4.69) is 5.32 Å². The first kappa shape index (κ1) is 13.1. The smallest absolute Gasteiger partial charge is 0.254 e. The molecular formula is C14H20N2O2. The second-order valence-corrected chi connectivity index (χ2v) is 4.72. The van der Waals surface area contributed by atoms with E-state index in [-0.39, 0.29) is 11.9 Å². The predicted molar refractivity (Wildman–Crippen MR) is 70.6 cm³/mol. The van der Waals surface area contributed by atoms with Gasteiger partial charge in [0.15, 0.2) is 0 Å². The van der Waals surface area contributed by atoms with Crippen LogP contribution in [0.5, 0.6) is 0 Å². The second kappa shape index (κ2) is 5.50. The molecule has 0 saturated carbocycles. The van der Waals surface area contributed by atoms with E-state index in [0.29, 0.717) is 13.1 Å². The van der Waals surface area contributed by atoms with E-state index in [1.807, 2.05) is 31.2 Å². The fraction of sp³-hybridized carbons (Fsp3) is 0.500. The molecule has 18 heavy (non-hydrogen) atoms. The molecule has 2 rings (SSSR count). The van der Waals surface area contributed by atoms with Crippen molar-refractivity contribution in [3.8, 4) is 0 Å². The van der Waals surface area contributed by atoms with E-state index in [9.17, 15) is 9.90 Å². The number of aryl methyl sites for hydroxylation is 1. The third kappa shape index (κ3) is 2.40. The molecule has 1 saturated heterocycles. The third-order valence-electron chi connectivity index (χ3n) is 3.60. The van der Waals surface area contributed by atoms with Gasteiger partial charge in [-0.25, -0.2) is 0 Å². The zero-order valence-electron chi connectivity index (χ0n) is 10.9. The topological polar surface area (TPSA) is 52.6 Å². The van der Waals surface area contributed by atoms with Gasteiger partial charge in [0.25, 0.3) is 5.91 Å². The standard InChI is InChI=1S/C14H20N2O2/c1-3-10-6-4-5-7-11(10)14(18)16(2)12-8-15-9-13(12)17/h4-7,12-13,15,17H,3,8-9H2,1-2H3/t12-,13-/m0/s1. The number of carbonyl (C=O) groups excluding carboxylic acids is 1. The maximum Gasteiger partial charge on any atom is 0.254 e. The predicted octanol–water partition coefficient (Wildman–Crippen LogP) is 0.654. The van der Waals surface area contributed by atoms with Gasteiger partial charge in [0.2, 0.25) is 0 Å². The largest absolute Gasteiger partial charge is 0.390 e. The average molecular weight is 248 g/mol. The van der Waals surface area contributed by atoms with Crippen molar-refractivity contribution in [3.63, 3.8) is 0 Å². The maximum absolute atomic E-state index is 12.4. The zero-order valence-corrected chi connectivity index (χ0v) is 10.9. The Morgan fingerprint density at radius 2 is 2.17 bits per heavy atom. The molecule has 4 heteroatoms. The van der Waals surface area contributed by atoms with E-state index < -0.39 is 6.10 Å². The molecule has 1 aliphatic rings. The van der Waals surface area contributed by atoms with Crippen LogP contribution in [0.4, 0.5) is 0 Å². The minimum absolute atomic E-state index is 0.0137. The number of nitrogens with one attached hydrogen (secondary N) is 1. The molecule has 0 radical (unpaired) electrons. The first-order chi connectivity index (χ1) is 8.65. The van der Waals surface area contributed by atoms with Crippen molar-refractivity contribution < 1.29 is 9.90 Å². The van der Waals surface area contributed by atoms with Crippen LogP contribution in [0.3, 0.4) is 0 Å². The van der Waals surface area contributed by atoms with Crippen molar-refractivity contribution in [3.05, 3.63) is 35.4 Å². The van der Waals surface area contributed by atoms with Crippen molar-refractivity contribution in [2.75, 3.05) is 20.1 Å². The molecule has 4 nitrogen and oxygen atoms in total. The molecule has 1 aromatic rings. The molecular weight excluding hydrogens is 228 g/mol. The molecule has 1 fully saturated rings. The number of aliphatic hydroxyl groups excluding tert-OH is 1. The van der Waals surface area contributed by atoms with Crippen LogP contribution in [0.2, 0.25) is 0 Å². The van der Waals surface area contributed by atoms with Crippen LogP contribution >= 0.6 is 0 Å². The number of hydrogen-bond acceptors (Lipinski definition) is 3. The van der Waals surface area contributed by atoms with Gasteiger partial charge in [0.1, 0.15) is 0 Å². The number of rotatable bonds is 3. The fourth-order valence-corrected chi connectivity index (χ4v) is 2.42. The number of likely N-dealkylation sites (N-methyl/N-ethyl adjacent to an activating group) is 1. The molecule has 1 amide bonds. The monoisotopic (exact) mass is 248 g/mol. The highest BCUT2D eigenvalue weighted by molar-refractivity contribution is 5.95. The summed E-state index contributed by atoms with van der Waals surface area (Å²) in [5, 5.41) is 12.9. The van der Waals surface area contributed by atoms with Crippen LogP contribution in [0.1, 0.15) is 22.8 Å². The lowest BCUT2D eigenvalue weighted by atomic mass is 10.0. The van der Waals surface area contributed by atoms with Gasteiger partial charge in [-0.1, -0.05) is 25.1 Å².